The van der Waals surface area contributed by atoms with Crippen LogP contribution in [0.5, 0.6) is 0 Å². The lowest BCUT2D eigenvalue weighted by molar-refractivity contribution is 1.06. The molecule has 0 spiro atoms. The third kappa shape index (κ3) is 1.19. The third-order valence-electron chi connectivity index (χ3n) is 3.05. The summed E-state index contributed by atoms with van der Waals surface area (Å²) >= 11 is 0. The number of imidazole rings is 1. The minimum absolute atomic E-state index is 0.305. The van der Waals surface area contributed by atoms with Crippen LogP contribution in [0.4, 0.5) is 5.95 Å². The number of aryl methyl sites for hydroxylation is 2. The minimum atomic E-state index is 0.305. The lowest BCUT2D eigenvalue weighted by Gasteiger charge is -2.05. The highest BCUT2D eigenvalue weighted by Gasteiger charge is 2.14. The van der Waals surface area contributed by atoms with E-state index in [-0.39, 0.29) is 0 Å². The molecule has 0 saturated heterocycles. The number of nitrogens with zero attached hydrogens (tertiary/aromatic N) is 3. The summed E-state index contributed by atoms with van der Waals surface area (Å²) in [6.45, 7) is 3.95. The van der Waals surface area contributed by atoms with E-state index in [4.69, 9.17) is 11.6 Å². The standard InChI is InChI=1S/C12H13N5/c1-6-4-3-5-8-9(6)15-7(2)10-11(8)17(14)12(13)16-10/h3-5H,14H2,1-2H3,(H2,13,16). The van der Waals surface area contributed by atoms with E-state index in [1.807, 2.05) is 32.0 Å². The molecule has 0 radical (unpaired) electrons. The van der Waals surface area contributed by atoms with Crippen LogP contribution in [0.2, 0.25) is 0 Å². The van der Waals surface area contributed by atoms with Crippen LogP contribution in [0.25, 0.3) is 21.9 Å². The topological polar surface area (TPSA) is 82.8 Å². The van der Waals surface area contributed by atoms with Gasteiger partial charge in [0.15, 0.2) is 0 Å². The molecule has 0 bridgehead atoms. The smallest absolute Gasteiger partial charge is 0.220 e. The van der Waals surface area contributed by atoms with Crippen molar-refractivity contribution in [3.05, 3.63) is 29.5 Å². The van der Waals surface area contributed by atoms with Gasteiger partial charge in [-0.15, -0.1) is 0 Å². The Morgan fingerprint density at radius 3 is 2.65 bits per heavy atom. The summed E-state index contributed by atoms with van der Waals surface area (Å²) in [5, 5.41) is 0.984. The number of pyridine rings is 1. The molecule has 4 N–H and O–H groups in total. The number of fused-ring (bicyclic) bond motifs is 3. The van der Waals surface area contributed by atoms with E-state index in [1.54, 1.807) is 0 Å². The Balaban J connectivity index is 2.67. The van der Waals surface area contributed by atoms with E-state index in [1.165, 1.54) is 4.68 Å². The summed E-state index contributed by atoms with van der Waals surface area (Å²) in [6, 6.07) is 6.00. The second-order valence-corrected chi connectivity index (χ2v) is 4.21. The van der Waals surface area contributed by atoms with Gasteiger partial charge in [-0.25, -0.2) is 9.66 Å². The molecule has 3 aromatic rings. The summed E-state index contributed by atoms with van der Waals surface area (Å²) in [5.41, 5.74) is 10.3. The Hall–Kier alpha value is -2.30. The van der Waals surface area contributed by atoms with Gasteiger partial charge in [0.2, 0.25) is 5.95 Å². The van der Waals surface area contributed by atoms with Crippen molar-refractivity contribution < 1.29 is 0 Å². The van der Waals surface area contributed by atoms with Crippen molar-refractivity contribution in [1.82, 2.24) is 14.6 Å². The normalized spacial score (nSPS) is 11.4. The van der Waals surface area contributed by atoms with Gasteiger partial charge in [-0.2, -0.15) is 0 Å². The number of aromatic nitrogens is 3. The van der Waals surface area contributed by atoms with E-state index in [9.17, 15) is 0 Å². The van der Waals surface area contributed by atoms with Crippen LogP contribution in [-0.2, 0) is 0 Å². The Labute approximate surface area is 98.0 Å². The lowest BCUT2D eigenvalue weighted by Crippen LogP contribution is -2.11. The molecule has 0 fully saturated rings. The van der Waals surface area contributed by atoms with Gasteiger partial charge in [0.1, 0.15) is 11.0 Å². The molecule has 2 heterocycles. The number of para-hydroxylation sites is 1. The Morgan fingerprint density at radius 2 is 1.88 bits per heavy atom. The largest absolute Gasteiger partial charge is 0.368 e. The van der Waals surface area contributed by atoms with Gasteiger partial charge in [0.25, 0.3) is 0 Å². The fraction of sp³-hybridized carbons (Fsp3) is 0.167. The first kappa shape index (κ1) is 9.89. The first-order valence-electron chi connectivity index (χ1n) is 5.38. The van der Waals surface area contributed by atoms with Crippen molar-refractivity contribution >= 4 is 27.9 Å². The van der Waals surface area contributed by atoms with Crippen LogP contribution in [0.3, 0.4) is 0 Å². The zero-order valence-electron chi connectivity index (χ0n) is 9.73. The quantitative estimate of drug-likeness (QED) is 0.570. The second kappa shape index (κ2) is 3.10. The zero-order chi connectivity index (χ0) is 12.2. The molecular formula is C12H13N5. The van der Waals surface area contributed by atoms with Gasteiger partial charge in [-0.05, 0) is 19.4 Å². The predicted octanol–water partition coefficient (Wildman–Crippen LogP) is 1.50. The summed E-state index contributed by atoms with van der Waals surface area (Å²) in [6.07, 6.45) is 0. The SMILES string of the molecule is Cc1cccc2c1nc(C)c1nc(N)n(N)c12. The molecule has 0 atom stereocenters. The number of nitrogen functional groups attached to an aromatic ring is 2. The summed E-state index contributed by atoms with van der Waals surface area (Å²) in [4.78, 5) is 8.82. The molecule has 5 nitrogen and oxygen atoms in total. The molecule has 2 aromatic heterocycles. The summed E-state index contributed by atoms with van der Waals surface area (Å²) in [7, 11) is 0. The third-order valence-corrected chi connectivity index (χ3v) is 3.05. The average molecular weight is 227 g/mol. The van der Waals surface area contributed by atoms with E-state index in [0.717, 1.165) is 33.2 Å². The van der Waals surface area contributed by atoms with E-state index >= 15 is 0 Å². The zero-order valence-corrected chi connectivity index (χ0v) is 9.73. The minimum Gasteiger partial charge on any atom is -0.368 e. The average Bonchev–Trinajstić information content (AvgIpc) is 2.59. The molecule has 0 aliphatic rings. The monoisotopic (exact) mass is 227 g/mol. The van der Waals surface area contributed by atoms with Crippen LogP contribution in [0, 0.1) is 13.8 Å². The molecule has 1 aromatic carbocycles. The van der Waals surface area contributed by atoms with Gasteiger partial charge >= 0.3 is 0 Å². The van der Waals surface area contributed by atoms with Crippen molar-refractivity contribution in [2.75, 3.05) is 11.6 Å². The van der Waals surface area contributed by atoms with Crippen molar-refractivity contribution in [3.63, 3.8) is 0 Å². The molecule has 0 aliphatic carbocycles. The summed E-state index contributed by atoms with van der Waals surface area (Å²) < 4.78 is 1.42. The highest BCUT2D eigenvalue weighted by atomic mass is 15.4. The van der Waals surface area contributed by atoms with Gasteiger partial charge < -0.3 is 11.6 Å². The van der Waals surface area contributed by atoms with E-state index < -0.39 is 0 Å². The molecule has 0 unspecified atom stereocenters. The number of hydrogen-bond acceptors (Lipinski definition) is 4. The van der Waals surface area contributed by atoms with E-state index in [2.05, 4.69) is 9.97 Å². The van der Waals surface area contributed by atoms with Gasteiger partial charge in [0.05, 0.1) is 11.2 Å². The van der Waals surface area contributed by atoms with Crippen LogP contribution in [0.1, 0.15) is 11.3 Å². The number of anilines is 1. The fourth-order valence-electron chi connectivity index (χ4n) is 2.18. The summed E-state index contributed by atoms with van der Waals surface area (Å²) in [5.74, 6) is 6.23. The maximum Gasteiger partial charge on any atom is 0.220 e. The predicted molar refractivity (Wildman–Crippen MR) is 69.1 cm³/mol. The lowest BCUT2D eigenvalue weighted by atomic mass is 10.1. The van der Waals surface area contributed by atoms with E-state index in [0.29, 0.717) is 5.95 Å². The Kier molecular flexibility index (Phi) is 1.80. The first-order chi connectivity index (χ1) is 8.09. The molecule has 17 heavy (non-hydrogen) atoms. The molecule has 0 saturated carbocycles. The fourth-order valence-corrected chi connectivity index (χ4v) is 2.18. The maximum absolute atomic E-state index is 5.92. The number of hydrogen-bond donors (Lipinski definition) is 2. The van der Waals surface area contributed by atoms with Crippen LogP contribution in [0.15, 0.2) is 18.2 Å². The molecule has 0 aliphatic heterocycles. The highest BCUT2D eigenvalue weighted by Crippen LogP contribution is 2.27. The second-order valence-electron chi connectivity index (χ2n) is 4.21. The van der Waals surface area contributed by atoms with Gasteiger partial charge in [-0.3, -0.25) is 4.98 Å². The number of benzene rings is 1. The van der Waals surface area contributed by atoms with Gasteiger partial charge in [-0.1, -0.05) is 18.2 Å². The molecule has 0 amide bonds. The van der Waals surface area contributed by atoms with Crippen molar-refractivity contribution in [2.24, 2.45) is 0 Å². The highest BCUT2D eigenvalue weighted by molar-refractivity contribution is 6.05. The van der Waals surface area contributed by atoms with Crippen LogP contribution in [-0.4, -0.2) is 14.6 Å². The molecular weight excluding hydrogens is 214 g/mol. The molecule has 5 heteroatoms. The van der Waals surface area contributed by atoms with Crippen molar-refractivity contribution in [3.8, 4) is 0 Å². The molecule has 86 valence electrons. The van der Waals surface area contributed by atoms with Crippen molar-refractivity contribution in [1.29, 1.82) is 0 Å². The number of rotatable bonds is 0. The Morgan fingerprint density at radius 1 is 1.12 bits per heavy atom. The van der Waals surface area contributed by atoms with Crippen molar-refractivity contribution in [2.45, 2.75) is 13.8 Å². The molecule has 3 rings (SSSR count). The number of nitrogens with two attached hydrogens (primary N) is 2. The van der Waals surface area contributed by atoms with Gasteiger partial charge in [0, 0.05) is 5.39 Å². The maximum atomic E-state index is 5.92. The van der Waals surface area contributed by atoms with Crippen LogP contribution >= 0.6 is 0 Å². The van der Waals surface area contributed by atoms with Crippen LogP contribution < -0.4 is 11.6 Å². The Bertz CT molecular complexity index is 742. The first-order valence-corrected chi connectivity index (χ1v) is 5.38.